The summed E-state index contributed by atoms with van der Waals surface area (Å²) in [6, 6.07) is 9.81. The lowest BCUT2D eigenvalue weighted by molar-refractivity contribution is -0.139. The molecule has 0 spiro atoms. The lowest BCUT2D eigenvalue weighted by Gasteiger charge is -2.12. The predicted octanol–water partition coefficient (Wildman–Crippen LogP) is 4.65. The summed E-state index contributed by atoms with van der Waals surface area (Å²) >= 11 is 6.80. The predicted molar refractivity (Wildman–Crippen MR) is 88.3 cm³/mol. The van der Waals surface area contributed by atoms with Gasteiger partial charge in [-0.2, -0.15) is 0 Å². The normalized spacial score (nSPS) is 10.4. The zero-order chi connectivity index (χ0) is 16.1. The molecule has 116 valence electrons. The molecule has 6 heteroatoms. The number of carbonyl (C=O) groups excluding carboxylic acids is 1. The van der Waals surface area contributed by atoms with Crippen LogP contribution in [0.4, 0.5) is 4.39 Å². The van der Waals surface area contributed by atoms with Gasteiger partial charge < -0.3 is 9.47 Å². The van der Waals surface area contributed by atoms with Gasteiger partial charge in [0.2, 0.25) is 0 Å². The molecule has 0 amide bonds. The lowest BCUT2D eigenvalue weighted by Crippen LogP contribution is -2.07. The second-order valence-electron chi connectivity index (χ2n) is 4.57. The molecule has 0 aliphatic carbocycles. The summed E-state index contributed by atoms with van der Waals surface area (Å²) in [6.45, 7) is 0.260. The van der Waals surface area contributed by atoms with E-state index in [0.717, 1.165) is 14.5 Å². The molecule has 0 N–H and O–H groups in total. The van der Waals surface area contributed by atoms with Crippen LogP contribution in [0.3, 0.4) is 0 Å². The van der Waals surface area contributed by atoms with Crippen LogP contribution in [0.15, 0.2) is 45.3 Å². The van der Waals surface area contributed by atoms with Crippen LogP contribution in [0.2, 0.25) is 0 Å². The Hall–Kier alpha value is -1.40. The van der Waals surface area contributed by atoms with Crippen molar-refractivity contribution in [2.45, 2.75) is 13.0 Å². The third-order valence-electron chi connectivity index (χ3n) is 2.91. The van der Waals surface area contributed by atoms with E-state index in [0.29, 0.717) is 11.3 Å². The number of hydrogen-bond acceptors (Lipinski definition) is 3. The highest BCUT2D eigenvalue weighted by Crippen LogP contribution is 2.24. The van der Waals surface area contributed by atoms with E-state index in [-0.39, 0.29) is 13.0 Å². The van der Waals surface area contributed by atoms with Crippen molar-refractivity contribution in [1.29, 1.82) is 0 Å². The summed E-state index contributed by atoms with van der Waals surface area (Å²) in [7, 11) is 1.31. The molecule has 0 aliphatic rings. The second-order valence-corrected chi connectivity index (χ2v) is 6.40. The van der Waals surface area contributed by atoms with Gasteiger partial charge in [0.15, 0.2) is 0 Å². The number of esters is 1. The number of carbonyl (C=O) groups is 1. The van der Waals surface area contributed by atoms with E-state index < -0.39 is 11.8 Å². The van der Waals surface area contributed by atoms with Crippen LogP contribution in [0, 0.1) is 5.82 Å². The standard InChI is InChI=1S/C16H13Br2FO3/c1-21-16(20)6-11-2-3-14(19)8-15(11)22-9-10-4-12(17)7-13(18)5-10/h2-5,7-8H,6,9H2,1H3. The van der Waals surface area contributed by atoms with Gasteiger partial charge in [-0.05, 0) is 29.8 Å². The zero-order valence-electron chi connectivity index (χ0n) is 11.7. The van der Waals surface area contributed by atoms with Crippen LogP contribution < -0.4 is 4.74 Å². The fraction of sp³-hybridized carbons (Fsp3) is 0.188. The number of ether oxygens (including phenoxy) is 2. The molecule has 2 aromatic carbocycles. The lowest BCUT2D eigenvalue weighted by atomic mass is 10.1. The Morgan fingerprint density at radius 1 is 1.14 bits per heavy atom. The summed E-state index contributed by atoms with van der Waals surface area (Å²) in [5, 5.41) is 0. The summed E-state index contributed by atoms with van der Waals surface area (Å²) in [4.78, 5) is 11.4. The molecule has 2 aromatic rings. The number of halogens is 3. The zero-order valence-corrected chi connectivity index (χ0v) is 14.9. The van der Waals surface area contributed by atoms with Crippen molar-refractivity contribution in [1.82, 2.24) is 0 Å². The molecular weight excluding hydrogens is 419 g/mol. The molecule has 0 unspecified atom stereocenters. The van der Waals surface area contributed by atoms with E-state index in [4.69, 9.17) is 4.74 Å². The monoisotopic (exact) mass is 430 g/mol. The van der Waals surface area contributed by atoms with Crippen molar-refractivity contribution in [3.05, 3.63) is 62.3 Å². The number of benzene rings is 2. The summed E-state index contributed by atoms with van der Waals surface area (Å²) in [5.74, 6) is -0.484. The van der Waals surface area contributed by atoms with Gasteiger partial charge in [0.05, 0.1) is 13.5 Å². The van der Waals surface area contributed by atoms with Gasteiger partial charge in [0, 0.05) is 20.6 Å². The molecule has 0 atom stereocenters. The Bertz CT molecular complexity index is 669. The maximum atomic E-state index is 13.4. The number of methoxy groups -OCH3 is 1. The molecule has 3 nitrogen and oxygen atoms in total. The Labute approximate surface area is 144 Å². The van der Waals surface area contributed by atoms with Gasteiger partial charge in [-0.25, -0.2) is 4.39 Å². The molecule has 0 radical (unpaired) electrons. The molecule has 0 saturated carbocycles. The third-order valence-corrected chi connectivity index (χ3v) is 3.82. The van der Waals surface area contributed by atoms with Crippen LogP contribution in [0.5, 0.6) is 5.75 Å². The molecule has 0 aromatic heterocycles. The van der Waals surface area contributed by atoms with Gasteiger partial charge in [-0.3, -0.25) is 4.79 Å². The van der Waals surface area contributed by atoms with E-state index >= 15 is 0 Å². The summed E-state index contributed by atoms with van der Waals surface area (Å²) in [5.41, 5.74) is 1.50. The van der Waals surface area contributed by atoms with Crippen molar-refractivity contribution in [2.24, 2.45) is 0 Å². The smallest absolute Gasteiger partial charge is 0.310 e. The molecule has 0 fully saturated rings. The average molecular weight is 432 g/mol. The molecule has 0 bridgehead atoms. The topological polar surface area (TPSA) is 35.5 Å². The van der Waals surface area contributed by atoms with Gasteiger partial charge >= 0.3 is 5.97 Å². The largest absolute Gasteiger partial charge is 0.488 e. The first-order valence-corrected chi connectivity index (χ1v) is 7.99. The minimum Gasteiger partial charge on any atom is -0.488 e. The third kappa shape index (κ3) is 4.81. The van der Waals surface area contributed by atoms with Crippen LogP contribution >= 0.6 is 31.9 Å². The fourth-order valence-corrected chi connectivity index (χ4v) is 3.28. The molecule has 0 heterocycles. The minimum absolute atomic E-state index is 0.0360. The molecule has 0 aliphatic heterocycles. The Morgan fingerprint density at radius 3 is 2.45 bits per heavy atom. The Morgan fingerprint density at radius 2 is 1.82 bits per heavy atom. The van der Waals surface area contributed by atoms with Gasteiger partial charge in [-0.1, -0.05) is 37.9 Å². The van der Waals surface area contributed by atoms with E-state index in [2.05, 4.69) is 36.6 Å². The Kier molecular flexibility index (Phi) is 5.97. The highest BCUT2D eigenvalue weighted by atomic mass is 79.9. The molecule has 0 saturated heterocycles. The number of hydrogen-bond donors (Lipinski definition) is 0. The molecular formula is C16H13Br2FO3. The first kappa shape index (κ1) is 17.0. The van der Waals surface area contributed by atoms with Gasteiger partial charge in [0.1, 0.15) is 18.2 Å². The van der Waals surface area contributed by atoms with E-state index in [1.807, 2.05) is 18.2 Å². The average Bonchev–Trinajstić information content (AvgIpc) is 2.46. The molecule has 2 rings (SSSR count). The van der Waals surface area contributed by atoms with E-state index in [9.17, 15) is 9.18 Å². The summed E-state index contributed by atoms with van der Waals surface area (Å²) < 4.78 is 25.5. The van der Waals surface area contributed by atoms with Crippen LogP contribution in [-0.4, -0.2) is 13.1 Å². The Balaban J connectivity index is 2.17. The highest BCUT2D eigenvalue weighted by Gasteiger charge is 2.11. The fourth-order valence-electron chi connectivity index (χ4n) is 1.89. The van der Waals surface area contributed by atoms with Crippen molar-refractivity contribution in [3.63, 3.8) is 0 Å². The molecule has 22 heavy (non-hydrogen) atoms. The summed E-state index contributed by atoms with van der Waals surface area (Å²) in [6.07, 6.45) is 0.0360. The van der Waals surface area contributed by atoms with Gasteiger partial charge in [-0.15, -0.1) is 0 Å². The van der Waals surface area contributed by atoms with Gasteiger partial charge in [0.25, 0.3) is 0 Å². The van der Waals surface area contributed by atoms with Crippen molar-refractivity contribution in [3.8, 4) is 5.75 Å². The van der Waals surface area contributed by atoms with E-state index in [1.165, 1.54) is 25.3 Å². The second kappa shape index (κ2) is 7.74. The van der Waals surface area contributed by atoms with Crippen LogP contribution in [0.1, 0.15) is 11.1 Å². The maximum Gasteiger partial charge on any atom is 0.310 e. The van der Waals surface area contributed by atoms with Crippen LogP contribution in [0.25, 0.3) is 0 Å². The quantitative estimate of drug-likeness (QED) is 0.646. The highest BCUT2D eigenvalue weighted by molar-refractivity contribution is 9.11. The minimum atomic E-state index is -0.418. The van der Waals surface area contributed by atoms with Crippen molar-refractivity contribution < 1.29 is 18.7 Å². The number of rotatable bonds is 5. The van der Waals surface area contributed by atoms with E-state index in [1.54, 1.807) is 0 Å². The maximum absolute atomic E-state index is 13.4. The first-order valence-electron chi connectivity index (χ1n) is 6.41. The first-order chi connectivity index (χ1) is 10.5. The SMILES string of the molecule is COC(=O)Cc1ccc(F)cc1OCc1cc(Br)cc(Br)c1. The van der Waals surface area contributed by atoms with Crippen molar-refractivity contribution in [2.75, 3.05) is 7.11 Å². The van der Waals surface area contributed by atoms with Crippen LogP contribution in [-0.2, 0) is 22.6 Å². The van der Waals surface area contributed by atoms with Crippen molar-refractivity contribution >= 4 is 37.8 Å².